The summed E-state index contributed by atoms with van der Waals surface area (Å²) < 4.78 is 5.51. The lowest BCUT2D eigenvalue weighted by Crippen LogP contribution is -2.47. The molecule has 1 atom stereocenters. The topological polar surface area (TPSA) is 71.5 Å². The van der Waals surface area contributed by atoms with Gasteiger partial charge in [-0.15, -0.1) is 0 Å². The van der Waals surface area contributed by atoms with Crippen LogP contribution < -0.4 is 5.32 Å². The molecule has 2 aromatic rings. The Kier molecular flexibility index (Phi) is 6.01. The van der Waals surface area contributed by atoms with Crippen LogP contribution in [-0.4, -0.2) is 41.9 Å². The SMILES string of the molecule is C[C@H](O)CNC(=O)C1(Cc2ccccc2-c2cccnc2)CCOCC1. The molecule has 2 heterocycles. The van der Waals surface area contributed by atoms with Crippen molar-refractivity contribution >= 4 is 5.91 Å². The van der Waals surface area contributed by atoms with Crippen LogP contribution in [-0.2, 0) is 16.0 Å². The van der Waals surface area contributed by atoms with E-state index in [9.17, 15) is 9.90 Å². The first-order valence-corrected chi connectivity index (χ1v) is 9.13. The van der Waals surface area contributed by atoms with Gasteiger partial charge in [-0.25, -0.2) is 0 Å². The molecule has 1 aromatic heterocycles. The first-order chi connectivity index (χ1) is 12.6. The van der Waals surface area contributed by atoms with Crippen LogP contribution in [0.5, 0.6) is 0 Å². The standard InChI is InChI=1S/C21H26N2O3/c1-16(24)14-23-20(25)21(8-11-26-12-9-21)13-17-5-2-3-7-19(17)18-6-4-10-22-15-18/h2-7,10,15-16,24H,8-9,11-14H2,1H3,(H,23,25)/t16-/m0/s1. The van der Waals surface area contributed by atoms with E-state index in [2.05, 4.69) is 22.4 Å². The summed E-state index contributed by atoms with van der Waals surface area (Å²) in [7, 11) is 0. The zero-order chi connectivity index (χ0) is 18.4. The number of benzene rings is 1. The third-order valence-electron chi connectivity index (χ3n) is 5.01. The van der Waals surface area contributed by atoms with Gasteiger partial charge in [-0.3, -0.25) is 9.78 Å². The van der Waals surface area contributed by atoms with Crippen molar-refractivity contribution in [2.24, 2.45) is 5.41 Å². The number of ether oxygens (including phenoxy) is 1. The number of nitrogens with zero attached hydrogens (tertiary/aromatic N) is 1. The van der Waals surface area contributed by atoms with Crippen LogP contribution in [0, 0.1) is 5.41 Å². The lowest BCUT2D eigenvalue weighted by molar-refractivity contribution is -0.137. The van der Waals surface area contributed by atoms with Crippen LogP contribution in [0.1, 0.15) is 25.3 Å². The second-order valence-electron chi connectivity index (χ2n) is 7.03. The van der Waals surface area contributed by atoms with Gasteiger partial charge < -0.3 is 15.2 Å². The molecule has 0 saturated carbocycles. The van der Waals surface area contributed by atoms with Gasteiger partial charge in [0.1, 0.15) is 0 Å². The van der Waals surface area contributed by atoms with Crippen molar-refractivity contribution in [1.82, 2.24) is 10.3 Å². The van der Waals surface area contributed by atoms with Crippen LogP contribution in [0.4, 0.5) is 0 Å². The maximum absolute atomic E-state index is 13.0. The molecule has 1 saturated heterocycles. The molecule has 1 aliphatic rings. The normalized spacial score (nSPS) is 17.5. The van der Waals surface area contributed by atoms with Crippen molar-refractivity contribution in [3.8, 4) is 11.1 Å². The molecule has 1 fully saturated rings. The molecule has 0 bridgehead atoms. The Labute approximate surface area is 154 Å². The van der Waals surface area contributed by atoms with Crippen LogP contribution in [0.15, 0.2) is 48.8 Å². The molecule has 0 aliphatic carbocycles. The number of hydrogen-bond acceptors (Lipinski definition) is 4. The van der Waals surface area contributed by atoms with Gasteiger partial charge in [0.15, 0.2) is 0 Å². The predicted molar refractivity (Wildman–Crippen MR) is 101 cm³/mol. The van der Waals surface area contributed by atoms with Gasteiger partial charge in [-0.1, -0.05) is 30.3 Å². The second-order valence-corrected chi connectivity index (χ2v) is 7.03. The number of hydrogen-bond donors (Lipinski definition) is 2. The van der Waals surface area contributed by atoms with E-state index in [1.807, 2.05) is 30.5 Å². The molecule has 138 valence electrons. The number of carbonyl (C=O) groups excluding carboxylic acids is 1. The molecule has 3 rings (SSSR count). The number of carbonyl (C=O) groups is 1. The minimum Gasteiger partial charge on any atom is -0.392 e. The van der Waals surface area contributed by atoms with Crippen molar-refractivity contribution in [3.05, 3.63) is 54.4 Å². The molecular formula is C21H26N2O3. The summed E-state index contributed by atoms with van der Waals surface area (Å²) in [5.41, 5.74) is 2.78. The van der Waals surface area contributed by atoms with E-state index >= 15 is 0 Å². The zero-order valence-electron chi connectivity index (χ0n) is 15.1. The van der Waals surface area contributed by atoms with E-state index in [1.165, 1.54) is 0 Å². The number of pyridine rings is 1. The number of amides is 1. The Bertz CT molecular complexity index is 725. The molecule has 1 aromatic carbocycles. The molecule has 1 aliphatic heterocycles. The smallest absolute Gasteiger partial charge is 0.226 e. The monoisotopic (exact) mass is 354 g/mol. The fourth-order valence-corrected chi connectivity index (χ4v) is 3.52. The summed E-state index contributed by atoms with van der Waals surface area (Å²) in [4.78, 5) is 17.2. The van der Waals surface area contributed by atoms with Crippen molar-refractivity contribution in [3.63, 3.8) is 0 Å². The van der Waals surface area contributed by atoms with E-state index < -0.39 is 11.5 Å². The van der Waals surface area contributed by atoms with E-state index in [1.54, 1.807) is 13.1 Å². The van der Waals surface area contributed by atoms with E-state index in [4.69, 9.17) is 4.74 Å². The number of aromatic nitrogens is 1. The van der Waals surface area contributed by atoms with E-state index in [0.29, 0.717) is 32.5 Å². The lowest BCUT2D eigenvalue weighted by Gasteiger charge is -2.36. The third-order valence-corrected chi connectivity index (χ3v) is 5.01. The molecule has 1 amide bonds. The van der Waals surface area contributed by atoms with Crippen LogP contribution in [0.2, 0.25) is 0 Å². The first kappa shape index (κ1) is 18.5. The van der Waals surface area contributed by atoms with Gasteiger partial charge in [-0.05, 0) is 43.4 Å². The van der Waals surface area contributed by atoms with Crippen molar-refractivity contribution < 1.29 is 14.6 Å². The second kappa shape index (κ2) is 8.43. The van der Waals surface area contributed by atoms with Crippen LogP contribution >= 0.6 is 0 Å². The summed E-state index contributed by atoms with van der Waals surface area (Å²) in [5, 5.41) is 12.4. The highest BCUT2D eigenvalue weighted by atomic mass is 16.5. The van der Waals surface area contributed by atoms with Gasteiger partial charge in [0.25, 0.3) is 0 Å². The molecule has 5 heteroatoms. The zero-order valence-corrected chi connectivity index (χ0v) is 15.1. The average Bonchev–Trinajstić information content (AvgIpc) is 2.68. The lowest BCUT2D eigenvalue weighted by atomic mass is 9.73. The maximum Gasteiger partial charge on any atom is 0.226 e. The summed E-state index contributed by atoms with van der Waals surface area (Å²) in [6.45, 7) is 3.11. The van der Waals surface area contributed by atoms with Gasteiger partial charge in [0.2, 0.25) is 5.91 Å². The summed E-state index contributed by atoms with van der Waals surface area (Å²) in [5.74, 6) is 0.00249. The molecule has 0 radical (unpaired) electrons. The minimum atomic E-state index is -0.557. The highest BCUT2D eigenvalue weighted by molar-refractivity contribution is 5.83. The minimum absolute atomic E-state index is 0.00249. The third kappa shape index (κ3) is 4.29. The van der Waals surface area contributed by atoms with Crippen LogP contribution in [0.25, 0.3) is 11.1 Å². The number of aliphatic hydroxyl groups is 1. The van der Waals surface area contributed by atoms with Crippen molar-refractivity contribution in [1.29, 1.82) is 0 Å². The average molecular weight is 354 g/mol. The largest absolute Gasteiger partial charge is 0.392 e. The van der Waals surface area contributed by atoms with Gasteiger partial charge in [-0.2, -0.15) is 0 Å². The molecule has 0 unspecified atom stereocenters. The molecule has 2 N–H and O–H groups in total. The van der Waals surface area contributed by atoms with E-state index in [0.717, 1.165) is 16.7 Å². The molecular weight excluding hydrogens is 328 g/mol. The maximum atomic E-state index is 13.0. The Morgan fingerprint density at radius 3 is 2.73 bits per heavy atom. The number of aliphatic hydroxyl groups excluding tert-OH is 1. The molecule has 26 heavy (non-hydrogen) atoms. The fourth-order valence-electron chi connectivity index (χ4n) is 3.52. The fraction of sp³-hybridized carbons (Fsp3) is 0.429. The molecule has 5 nitrogen and oxygen atoms in total. The summed E-state index contributed by atoms with van der Waals surface area (Å²) in [6, 6.07) is 12.1. The van der Waals surface area contributed by atoms with Crippen molar-refractivity contribution in [2.45, 2.75) is 32.3 Å². The van der Waals surface area contributed by atoms with Gasteiger partial charge in [0.05, 0.1) is 11.5 Å². The van der Waals surface area contributed by atoms with Gasteiger partial charge >= 0.3 is 0 Å². The van der Waals surface area contributed by atoms with Crippen LogP contribution in [0.3, 0.4) is 0 Å². The van der Waals surface area contributed by atoms with E-state index in [-0.39, 0.29) is 12.5 Å². The number of rotatable bonds is 6. The highest BCUT2D eigenvalue weighted by Gasteiger charge is 2.40. The number of nitrogens with one attached hydrogen (secondary N) is 1. The summed E-state index contributed by atoms with van der Waals surface area (Å²) >= 11 is 0. The quantitative estimate of drug-likeness (QED) is 0.836. The molecule has 0 spiro atoms. The Morgan fingerprint density at radius 1 is 1.27 bits per heavy atom. The highest BCUT2D eigenvalue weighted by Crippen LogP contribution is 2.37. The van der Waals surface area contributed by atoms with Gasteiger partial charge in [0, 0.05) is 37.7 Å². The Balaban J connectivity index is 1.89. The Morgan fingerprint density at radius 2 is 2.04 bits per heavy atom. The Hall–Kier alpha value is -2.24. The first-order valence-electron chi connectivity index (χ1n) is 9.13. The van der Waals surface area contributed by atoms with Crippen molar-refractivity contribution in [2.75, 3.05) is 19.8 Å². The predicted octanol–water partition coefficient (Wildman–Crippen LogP) is 2.58. The summed E-state index contributed by atoms with van der Waals surface area (Å²) in [6.07, 6.45) is 5.06.